The van der Waals surface area contributed by atoms with Crippen LogP contribution < -0.4 is 0 Å². The first-order valence-corrected chi connectivity index (χ1v) is 5.13. The number of likely N-dealkylation sites (N-methyl/N-ethyl adjacent to an activating group) is 1. The summed E-state index contributed by atoms with van der Waals surface area (Å²) >= 11 is 0. The summed E-state index contributed by atoms with van der Waals surface area (Å²) in [7, 11) is 3.25. The van der Waals surface area contributed by atoms with E-state index in [9.17, 15) is 9.59 Å². The molecule has 1 rings (SSSR count). The highest BCUT2D eigenvalue weighted by molar-refractivity contribution is 6.32. The van der Waals surface area contributed by atoms with Crippen molar-refractivity contribution < 1.29 is 14.3 Å². The van der Waals surface area contributed by atoms with Crippen LogP contribution in [0.3, 0.4) is 0 Å². The maximum absolute atomic E-state index is 11.6. The zero-order chi connectivity index (χ0) is 11.4. The summed E-state index contributed by atoms with van der Waals surface area (Å²) in [6, 6.07) is 0.0594. The molecule has 1 aliphatic heterocycles. The lowest BCUT2D eigenvalue weighted by molar-refractivity contribution is -0.159. The molecule has 5 nitrogen and oxygen atoms in total. The highest BCUT2D eigenvalue weighted by Gasteiger charge is 2.28. The third kappa shape index (κ3) is 2.92. The minimum Gasteiger partial charge on any atom is -0.462 e. The van der Waals surface area contributed by atoms with Gasteiger partial charge in [-0.2, -0.15) is 0 Å². The quantitative estimate of drug-likeness (QED) is 0.411. The minimum atomic E-state index is -0.772. The standard InChI is InChI=1S/C10H18N2O3/c1-8-7-11(2)5-4-6-12(8)9(13)10(14)15-3/h8H,4-7H2,1-3H3. The molecule has 15 heavy (non-hydrogen) atoms. The van der Waals surface area contributed by atoms with Gasteiger partial charge in [0.25, 0.3) is 0 Å². The Labute approximate surface area is 90.0 Å². The normalized spacial score (nSPS) is 23.4. The summed E-state index contributed by atoms with van der Waals surface area (Å²) < 4.78 is 4.44. The maximum Gasteiger partial charge on any atom is 0.396 e. The van der Waals surface area contributed by atoms with Crippen LogP contribution in [0.15, 0.2) is 0 Å². The van der Waals surface area contributed by atoms with E-state index in [1.54, 1.807) is 4.90 Å². The monoisotopic (exact) mass is 214 g/mol. The van der Waals surface area contributed by atoms with Crippen molar-refractivity contribution in [2.75, 3.05) is 33.8 Å². The number of nitrogens with zero attached hydrogens (tertiary/aromatic N) is 2. The minimum absolute atomic E-state index is 0.0594. The lowest BCUT2D eigenvalue weighted by Gasteiger charge is -2.26. The SMILES string of the molecule is COC(=O)C(=O)N1CCCN(C)CC1C. The lowest BCUT2D eigenvalue weighted by atomic mass is 10.2. The van der Waals surface area contributed by atoms with Crippen LogP contribution >= 0.6 is 0 Å². The number of esters is 1. The molecule has 0 aromatic heterocycles. The molecule has 0 N–H and O–H groups in total. The van der Waals surface area contributed by atoms with Crippen LogP contribution in [0.1, 0.15) is 13.3 Å². The Hall–Kier alpha value is -1.10. The van der Waals surface area contributed by atoms with E-state index in [4.69, 9.17) is 0 Å². The Bertz CT molecular complexity index is 255. The van der Waals surface area contributed by atoms with Gasteiger partial charge in [0.05, 0.1) is 7.11 Å². The number of hydrogen-bond donors (Lipinski definition) is 0. The molecule has 5 heteroatoms. The number of hydrogen-bond acceptors (Lipinski definition) is 4. The molecule has 1 atom stereocenters. The van der Waals surface area contributed by atoms with Crippen molar-refractivity contribution in [1.82, 2.24) is 9.80 Å². The van der Waals surface area contributed by atoms with Gasteiger partial charge in [0.15, 0.2) is 0 Å². The van der Waals surface area contributed by atoms with Gasteiger partial charge in [0, 0.05) is 19.1 Å². The van der Waals surface area contributed by atoms with E-state index >= 15 is 0 Å². The number of carbonyl (C=O) groups excluding carboxylic acids is 2. The fourth-order valence-corrected chi connectivity index (χ4v) is 1.88. The molecule has 0 aromatic rings. The van der Waals surface area contributed by atoms with Crippen LogP contribution in [-0.2, 0) is 14.3 Å². The predicted octanol–water partition coefficient (Wildman–Crippen LogP) is -0.288. The summed E-state index contributed by atoms with van der Waals surface area (Å²) in [5.74, 6) is -1.30. The largest absolute Gasteiger partial charge is 0.462 e. The van der Waals surface area contributed by atoms with Gasteiger partial charge in [-0.1, -0.05) is 0 Å². The van der Waals surface area contributed by atoms with Crippen molar-refractivity contribution in [3.8, 4) is 0 Å². The van der Waals surface area contributed by atoms with Crippen molar-refractivity contribution in [3.05, 3.63) is 0 Å². The second kappa shape index (κ2) is 5.11. The van der Waals surface area contributed by atoms with E-state index in [1.807, 2.05) is 14.0 Å². The fourth-order valence-electron chi connectivity index (χ4n) is 1.88. The third-order valence-electron chi connectivity index (χ3n) is 2.67. The lowest BCUT2D eigenvalue weighted by Crippen LogP contribution is -2.45. The summed E-state index contributed by atoms with van der Waals surface area (Å²) in [5, 5.41) is 0. The second-order valence-corrected chi connectivity index (χ2v) is 3.95. The average molecular weight is 214 g/mol. The molecule has 0 saturated carbocycles. The first kappa shape index (κ1) is 12.0. The van der Waals surface area contributed by atoms with Crippen LogP contribution in [0.2, 0.25) is 0 Å². The Balaban J connectivity index is 2.67. The van der Waals surface area contributed by atoms with E-state index in [0.717, 1.165) is 19.5 Å². The van der Waals surface area contributed by atoms with E-state index in [1.165, 1.54) is 7.11 Å². The third-order valence-corrected chi connectivity index (χ3v) is 2.67. The van der Waals surface area contributed by atoms with Crippen LogP contribution in [0.25, 0.3) is 0 Å². The molecule has 0 aromatic carbocycles. The van der Waals surface area contributed by atoms with Gasteiger partial charge >= 0.3 is 11.9 Å². The number of carbonyl (C=O) groups is 2. The van der Waals surface area contributed by atoms with Crippen LogP contribution in [0.5, 0.6) is 0 Å². The van der Waals surface area contributed by atoms with Gasteiger partial charge in [0.1, 0.15) is 0 Å². The van der Waals surface area contributed by atoms with Crippen molar-refractivity contribution in [2.24, 2.45) is 0 Å². The van der Waals surface area contributed by atoms with Gasteiger partial charge in [-0.15, -0.1) is 0 Å². The highest BCUT2D eigenvalue weighted by atomic mass is 16.5. The van der Waals surface area contributed by atoms with Crippen molar-refractivity contribution in [2.45, 2.75) is 19.4 Å². The van der Waals surface area contributed by atoms with E-state index in [2.05, 4.69) is 9.64 Å². The number of amides is 1. The van der Waals surface area contributed by atoms with Crippen molar-refractivity contribution in [1.29, 1.82) is 0 Å². The van der Waals surface area contributed by atoms with Crippen molar-refractivity contribution in [3.63, 3.8) is 0 Å². The predicted molar refractivity (Wildman–Crippen MR) is 55.3 cm³/mol. The zero-order valence-corrected chi connectivity index (χ0v) is 9.52. The molecule has 0 spiro atoms. The first-order valence-electron chi connectivity index (χ1n) is 5.13. The van der Waals surface area contributed by atoms with Gasteiger partial charge < -0.3 is 14.5 Å². The van der Waals surface area contributed by atoms with Gasteiger partial charge in [-0.25, -0.2) is 4.79 Å². The van der Waals surface area contributed by atoms with Crippen LogP contribution in [-0.4, -0.2) is 61.5 Å². The summed E-state index contributed by atoms with van der Waals surface area (Å²) in [6.45, 7) is 4.32. The topological polar surface area (TPSA) is 49.9 Å². The van der Waals surface area contributed by atoms with Crippen molar-refractivity contribution >= 4 is 11.9 Å². The van der Waals surface area contributed by atoms with Gasteiger partial charge in [-0.05, 0) is 26.9 Å². The molecule has 1 unspecified atom stereocenters. The molecule has 0 radical (unpaired) electrons. The average Bonchev–Trinajstić information content (AvgIpc) is 2.37. The molecule has 1 heterocycles. The van der Waals surface area contributed by atoms with Gasteiger partial charge in [-0.3, -0.25) is 4.79 Å². The molecule has 0 aliphatic carbocycles. The number of rotatable bonds is 0. The Morgan fingerprint density at radius 1 is 1.33 bits per heavy atom. The first-order chi connectivity index (χ1) is 7.06. The maximum atomic E-state index is 11.6. The van der Waals surface area contributed by atoms with E-state index in [0.29, 0.717) is 6.54 Å². The Morgan fingerprint density at radius 2 is 2.00 bits per heavy atom. The molecule has 1 fully saturated rings. The Morgan fingerprint density at radius 3 is 2.60 bits per heavy atom. The van der Waals surface area contributed by atoms with E-state index in [-0.39, 0.29) is 6.04 Å². The van der Waals surface area contributed by atoms with Gasteiger partial charge in [0.2, 0.25) is 0 Å². The smallest absolute Gasteiger partial charge is 0.396 e. The Kier molecular flexibility index (Phi) is 4.08. The molecular formula is C10H18N2O3. The molecular weight excluding hydrogens is 196 g/mol. The molecule has 1 aliphatic rings. The fraction of sp³-hybridized carbons (Fsp3) is 0.800. The molecule has 86 valence electrons. The highest BCUT2D eigenvalue weighted by Crippen LogP contribution is 2.09. The zero-order valence-electron chi connectivity index (χ0n) is 9.52. The second-order valence-electron chi connectivity index (χ2n) is 3.95. The van der Waals surface area contributed by atoms with Crippen LogP contribution in [0, 0.1) is 0 Å². The molecule has 0 bridgehead atoms. The summed E-state index contributed by atoms with van der Waals surface area (Å²) in [6.07, 6.45) is 0.892. The summed E-state index contributed by atoms with van der Waals surface area (Å²) in [5.41, 5.74) is 0. The van der Waals surface area contributed by atoms with Crippen LogP contribution in [0.4, 0.5) is 0 Å². The van der Waals surface area contributed by atoms with E-state index < -0.39 is 11.9 Å². The summed E-state index contributed by atoms with van der Waals surface area (Å²) in [4.78, 5) is 26.5. The molecule has 1 saturated heterocycles. The molecule has 1 amide bonds. The number of ether oxygens (including phenoxy) is 1. The number of methoxy groups -OCH3 is 1.